The first-order valence-electron chi connectivity index (χ1n) is 7.20. The molecule has 2 aromatic rings. The molecule has 0 aliphatic heterocycles. The molecule has 116 valence electrons. The molecule has 0 saturated heterocycles. The van der Waals surface area contributed by atoms with E-state index in [2.05, 4.69) is 15.6 Å². The molecule has 1 aromatic heterocycles. The molecule has 0 unspecified atom stereocenters. The fourth-order valence-corrected chi connectivity index (χ4v) is 1.90. The Morgan fingerprint density at radius 1 is 1.22 bits per heavy atom. The van der Waals surface area contributed by atoms with Crippen LogP contribution in [0, 0.1) is 11.3 Å². The lowest BCUT2D eigenvalue weighted by atomic mass is 10.2. The van der Waals surface area contributed by atoms with Crippen LogP contribution in [0.3, 0.4) is 0 Å². The number of nitriles is 1. The van der Waals surface area contributed by atoms with Crippen LogP contribution in [0.25, 0.3) is 0 Å². The molecule has 0 fully saturated rings. The van der Waals surface area contributed by atoms with E-state index in [4.69, 9.17) is 5.26 Å². The summed E-state index contributed by atoms with van der Waals surface area (Å²) in [6.07, 6.45) is 2.25. The molecule has 1 heterocycles. The quantitative estimate of drug-likeness (QED) is 0.886. The summed E-state index contributed by atoms with van der Waals surface area (Å²) in [7, 11) is 0. The van der Waals surface area contributed by atoms with Gasteiger partial charge in [-0.05, 0) is 36.8 Å². The number of carbonyl (C=O) groups is 2. The maximum atomic E-state index is 12.2. The Balaban J connectivity index is 2.13. The number of rotatable bonds is 5. The Kier molecular flexibility index (Phi) is 5.42. The van der Waals surface area contributed by atoms with Crippen molar-refractivity contribution in [3.05, 3.63) is 59.4 Å². The number of nitrogens with zero attached hydrogens (tertiary/aromatic N) is 2. The Hall–Kier alpha value is -3.20. The second-order valence-electron chi connectivity index (χ2n) is 4.83. The van der Waals surface area contributed by atoms with Crippen molar-refractivity contribution in [3.8, 4) is 6.07 Å². The van der Waals surface area contributed by atoms with Crippen molar-refractivity contribution in [1.82, 2.24) is 10.3 Å². The van der Waals surface area contributed by atoms with Crippen molar-refractivity contribution >= 4 is 17.5 Å². The molecule has 0 atom stereocenters. The number of carbonyl (C=O) groups excluding carboxylic acids is 2. The molecule has 23 heavy (non-hydrogen) atoms. The van der Waals surface area contributed by atoms with Crippen molar-refractivity contribution in [2.75, 3.05) is 11.9 Å². The molecule has 6 heteroatoms. The van der Waals surface area contributed by atoms with E-state index in [-0.39, 0.29) is 11.6 Å². The first-order chi connectivity index (χ1) is 11.1. The molecule has 0 bridgehead atoms. The van der Waals surface area contributed by atoms with Gasteiger partial charge in [-0.2, -0.15) is 5.26 Å². The number of anilines is 1. The van der Waals surface area contributed by atoms with Crippen LogP contribution in [0.5, 0.6) is 0 Å². The summed E-state index contributed by atoms with van der Waals surface area (Å²) in [5.41, 5.74) is 1.46. The summed E-state index contributed by atoms with van der Waals surface area (Å²) in [4.78, 5) is 28.1. The minimum atomic E-state index is -0.440. The number of pyridine rings is 1. The highest BCUT2D eigenvalue weighted by Crippen LogP contribution is 2.11. The van der Waals surface area contributed by atoms with Gasteiger partial charge in [0.2, 0.25) is 0 Å². The molecular formula is C17H16N4O2. The van der Waals surface area contributed by atoms with Gasteiger partial charge in [-0.3, -0.25) is 14.6 Å². The predicted octanol–water partition coefficient (Wildman–Crippen LogP) is 2.35. The Bertz CT molecular complexity index is 765. The zero-order valence-corrected chi connectivity index (χ0v) is 12.7. The zero-order valence-electron chi connectivity index (χ0n) is 12.7. The van der Waals surface area contributed by atoms with Crippen molar-refractivity contribution in [1.29, 1.82) is 5.26 Å². The molecule has 0 aliphatic carbocycles. The first kappa shape index (κ1) is 16.2. The lowest BCUT2D eigenvalue weighted by molar-refractivity contribution is 0.0953. The second-order valence-corrected chi connectivity index (χ2v) is 4.83. The Morgan fingerprint density at radius 3 is 2.78 bits per heavy atom. The van der Waals surface area contributed by atoms with Gasteiger partial charge < -0.3 is 10.6 Å². The van der Waals surface area contributed by atoms with E-state index in [1.807, 2.05) is 13.0 Å². The summed E-state index contributed by atoms with van der Waals surface area (Å²) in [5.74, 6) is -0.681. The number of amides is 2. The van der Waals surface area contributed by atoms with Crippen LogP contribution >= 0.6 is 0 Å². The summed E-state index contributed by atoms with van der Waals surface area (Å²) in [6.45, 7) is 2.53. The number of hydrogen-bond acceptors (Lipinski definition) is 4. The predicted molar refractivity (Wildman–Crippen MR) is 86.0 cm³/mol. The maximum Gasteiger partial charge on any atom is 0.274 e. The largest absolute Gasteiger partial charge is 0.352 e. The van der Waals surface area contributed by atoms with Crippen LogP contribution in [0.1, 0.15) is 39.8 Å². The van der Waals surface area contributed by atoms with Gasteiger partial charge >= 0.3 is 0 Å². The molecule has 0 spiro atoms. The molecule has 2 rings (SSSR count). The molecule has 1 aromatic carbocycles. The van der Waals surface area contributed by atoms with Crippen LogP contribution in [0.2, 0.25) is 0 Å². The highest BCUT2D eigenvalue weighted by molar-refractivity contribution is 6.04. The van der Waals surface area contributed by atoms with E-state index in [0.29, 0.717) is 23.4 Å². The van der Waals surface area contributed by atoms with Crippen molar-refractivity contribution in [2.45, 2.75) is 13.3 Å². The van der Waals surface area contributed by atoms with Crippen LogP contribution in [-0.4, -0.2) is 23.3 Å². The summed E-state index contributed by atoms with van der Waals surface area (Å²) in [5, 5.41) is 14.3. The number of aromatic nitrogens is 1. The molecule has 2 amide bonds. The highest BCUT2D eigenvalue weighted by Gasteiger charge is 2.12. The van der Waals surface area contributed by atoms with E-state index >= 15 is 0 Å². The molecule has 0 saturated carbocycles. The molecule has 0 aliphatic rings. The van der Waals surface area contributed by atoms with E-state index in [0.717, 1.165) is 6.42 Å². The van der Waals surface area contributed by atoms with E-state index in [1.54, 1.807) is 30.3 Å². The molecule has 0 radical (unpaired) electrons. The van der Waals surface area contributed by atoms with E-state index in [9.17, 15) is 9.59 Å². The van der Waals surface area contributed by atoms with Crippen molar-refractivity contribution < 1.29 is 9.59 Å². The standard InChI is InChI=1S/C17H16N4O2/c1-2-7-20-16(22)13-6-8-19-15(10-13)17(23)21-14-5-3-4-12(9-14)11-18/h3-6,8-10H,2,7H2,1H3,(H,20,22)(H,21,23). The number of hydrogen-bond donors (Lipinski definition) is 2. The SMILES string of the molecule is CCCNC(=O)c1ccnc(C(=O)Nc2cccc(C#N)c2)c1. The topological polar surface area (TPSA) is 94.9 Å². The van der Waals surface area contributed by atoms with Gasteiger partial charge in [-0.15, -0.1) is 0 Å². The number of nitrogens with one attached hydrogen (secondary N) is 2. The molecule has 6 nitrogen and oxygen atoms in total. The third-order valence-corrected chi connectivity index (χ3v) is 3.04. The van der Waals surface area contributed by atoms with E-state index < -0.39 is 5.91 Å². The van der Waals surface area contributed by atoms with Gasteiger partial charge in [0.15, 0.2) is 0 Å². The summed E-state index contributed by atoms with van der Waals surface area (Å²) < 4.78 is 0. The van der Waals surface area contributed by atoms with Crippen LogP contribution < -0.4 is 10.6 Å². The number of benzene rings is 1. The third-order valence-electron chi connectivity index (χ3n) is 3.04. The van der Waals surface area contributed by atoms with Crippen molar-refractivity contribution in [2.24, 2.45) is 0 Å². The molecule has 2 N–H and O–H groups in total. The van der Waals surface area contributed by atoms with Crippen LogP contribution in [0.15, 0.2) is 42.6 Å². The monoisotopic (exact) mass is 308 g/mol. The Labute approximate surface area is 134 Å². The lowest BCUT2D eigenvalue weighted by Crippen LogP contribution is -2.24. The van der Waals surface area contributed by atoms with Crippen LogP contribution in [-0.2, 0) is 0 Å². The van der Waals surface area contributed by atoms with Gasteiger partial charge in [0.1, 0.15) is 5.69 Å². The summed E-state index contributed by atoms with van der Waals surface area (Å²) >= 11 is 0. The summed E-state index contributed by atoms with van der Waals surface area (Å²) in [6, 6.07) is 11.6. The third kappa shape index (κ3) is 4.38. The maximum absolute atomic E-state index is 12.2. The fourth-order valence-electron chi connectivity index (χ4n) is 1.90. The van der Waals surface area contributed by atoms with Gasteiger partial charge in [-0.25, -0.2) is 0 Å². The van der Waals surface area contributed by atoms with Crippen molar-refractivity contribution in [3.63, 3.8) is 0 Å². The first-order valence-corrected chi connectivity index (χ1v) is 7.20. The van der Waals surface area contributed by atoms with Gasteiger partial charge in [0, 0.05) is 24.0 Å². The van der Waals surface area contributed by atoms with Gasteiger partial charge in [0.25, 0.3) is 11.8 Å². The average molecular weight is 308 g/mol. The van der Waals surface area contributed by atoms with Gasteiger partial charge in [0.05, 0.1) is 11.6 Å². The second kappa shape index (κ2) is 7.71. The fraction of sp³-hybridized carbons (Fsp3) is 0.176. The zero-order chi connectivity index (χ0) is 16.7. The smallest absolute Gasteiger partial charge is 0.274 e. The highest BCUT2D eigenvalue weighted by atomic mass is 16.2. The van der Waals surface area contributed by atoms with E-state index in [1.165, 1.54) is 12.3 Å². The average Bonchev–Trinajstić information content (AvgIpc) is 2.59. The van der Waals surface area contributed by atoms with Crippen LogP contribution in [0.4, 0.5) is 5.69 Å². The van der Waals surface area contributed by atoms with Gasteiger partial charge in [-0.1, -0.05) is 13.0 Å². The minimum absolute atomic E-state index is 0.136. The minimum Gasteiger partial charge on any atom is -0.352 e. The normalized spacial score (nSPS) is 9.74. The Morgan fingerprint density at radius 2 is 2.04 bits per heavy atom. The molecular weight excluding hydrogens is 292 g/mol. The lowest BCUT2D eigenvalue weighted by Gasteiger charge is -2.07.